The smallest absolute Gasteiger partial charge is 0.243 e. The van der Waals surface area contributed by atoms with Crippen LogP contribution in [0, 0.1) is 11.3 Å². The van der Waals surface area contributed by atoms with Crippen LogP contribution in [-0.4, -0.2) is 24.7 Å². The quantitative estimate of drug-likeness (QED) is 0.921. The van der Waals surface area contributed by atoms with Crippen molar-refractivity contribution in [3.05, 3.63) is 53.1 Å². The van der Waals surface area contributed by atoms with Crippen molar-refractivity contribution < 1.29 is 4.79 Å². The van der Waals surface area contributed by atoms with Crippen LogP contribution in [0.25, 0.3) is 0 Å². The van der Waals surface area contributed by atoms with E-state index in [4.69, 9.17) is 16.9 Å². The van der Waals surface area contributed by atoms with Crippen molar-refractivity contribution in [1.82, 2.24) is 0 Å². The highest BCUT2D eigenvalue weighted by Gasteiger charge is 2.19. The molecule has 0 saturated carbocycles. The Labute approximate surface area is 144 Å². The fourth-order valence-electron chi connectivity index (χ4n) is 2.45. The van der Waals surface area contributed by atoms with Crippen LogP contribution in [0.4, 0.5) is 11.4 Å². The number of amides is 1. The molecule has 6 heteroatoms. The van der Waals surface area contributed by atoms with Gasteiger partial charge in [-0.05, 0) is 30.3 Å². The van der Waals surface area contributed by atoms with Crippen molar-refractivity contribution in [2.45, 2.75) is 4.90 Å². The van der Waals surface area contributed by atoms with Crippen molar-refractivity contribution in [3.8, 4) is 6.07 Å². The molecule has 0 fully saturated rings. The number of fused-ring (bicyclic) bond motifs is 1. The van der Waals surface area contributed by atoms with Crippen LogP contribution in [0.5, 0.6) is 0 Å². The summed E-state index contributed by atoms with van der Waals surface area (Å²) in [5, 5.41) is 12.0. The van der Waals surface area contributed by atoms with Gasteiger partial charge in [0, 0.05) is 22.9 Å². The third-order valence-electron chi connectivity index (χ3n) is 3.53. The lowest BCUT2D eigenvalue weighted by atomic mass is 10.2. The molecule has 0 spiro atoms. The highest BCUT2D eigenvalue weighted by atomic mass is 35.5. The summed E-state index contributed by atoms with van der Waals surface area (Å²) in [4.78, 5) is 15.6. The summed E-state index contributed by atoms with van der Waals surface area (Å²) in [7, 11) is 0. The second kappa shape index (κ2) is 6.95. The molecule has 116 valence electrons. The molecular formula is C17H14ClN3OS. The van der Waals surface area contributed by atoms with Gasteiger partial charge < -0.3 is 10.2 Å². The molecule has 1 aliphatic heterocycles. The minimum atomic E-state index is -0.104. The maximum Gasteiger partial charge on any atom is 0.243 e. The van der Waals surface area contributed by atoms with Gasteiger partial charge in [0.25, 0.3) is 0 Å². The summed E-state index contributed by atoms with van der Waals surface area (Å²) in [6.07, 6.45) is 0. The van der Waals surface area contributed by atoms with Crippen LogP contribution in [0.3, 0.4) is 0 Å². The van der Waals surface area contributed by atoms with E-state index in [-0.39, 0.29) is 12.5 Å². The van der Waals surface area contributed by atoms with Crippen molar-refractivity contribution in [3.63, 3.8) is 0 Å². The van der Waals surface area contributed by atoms with E-state index in [0.29, 0.717) is 16.3 Å². The number of nitrogens with one attached hydrogen (secondary N) is 1. The zero-order chi connectivity index (χ0) is 16.2. The van der Waals surface area contributed by atoms with Crippen LogP contribution < -0.4 is 10.2 Å². The van der Waals surface area contributed by atoms with Crippen LogP contribution in [0.1, 0.15) is 5.56 Å². The first-order chi connectivity index (χ1) is 11.2. The molecule has 0 radical (unpaired) electrons. The summed E-state index contributed by atoms with van der Waals surface area (Å²) in [6, 6.07) is 15.0. The Kier molecular flexibility index (Phi) is 4.75. The van der Waals surface area contributed by atoms with Gasteiger partial charge in [-0.1, -0.05) is 23.7 Å². The standard InChI is InChI=1S/C17H14ClN3OS/c18-14-9-13(6-5-12(14)10-19)20-17(22)11-21-7-8-23-16-4-2-1-3-15(16)21/h1-6,9H,7-8,11H2,(H,20,22). The molecule has 0 atom stereocenters. The van der Waals surface area contributed by atoms with Gasteiger partial charge in [-0.25, -0.2) is 0 Å². The number of nitriles is 1. The Morgan fingerprint density at radius 1 is 1.35 bits per heavy atom. The van der Waals surface area contributed by atoms with E-state index in [1.165, 1.54) is 4.90 Å². The van der Waals surface area contributed by atoms with E-state index < -0.39 is 0 Å². The molecule has 1 N–H and O–H groups in total. The number of thioether (sulfide) groups is 1. The topological polar surface area (TPSA) is 56.1 Å². The zero-order valence-electron chi connectivity index (χ0n) is 12.3. The first-order valence-electron chi connectivity index (χ1n) is 7.13. The third kappa shape index (κ3) is 3.61. The maximum atomic E-state index is 12.3. The number of carbonyl (C=O) groups excluding carboxylic acids is 1. The molecule has 0 aromatic heterocycles. The predicted octanol–water partition coefficient (Wildman–Crippen LogP) is 3.76. The van der Waals surface area contributed by atoms with E-state index in [1.807, 2.05) is 36.0 Å². The minimum Gasteiger partial charge on any atom is -0.360 e. The summed E-state index contributed by atoms with van der Waals surface area (Å²) in [5.41, 5.74) is 2.09. The number of benzene rings is 2. The van der Waals surface area contributed by atoms with Crippen LogP contribution in [0.2, 0.25) is 5.02 Å². The monoisotopic (exact) mass is 343 g/mol. The van der Waals surface area contributed by atoms with Gasteiger partial charge in [0.15, 0.2) is 0 Å². The fraction of sp³-hybridized carbons (Fsp3) is 0.176. The lowest BCUT2D eigenvalue weighted by Crippen LogP contribution is -2.36. The van der Waals surface area contributed by atoms with E-state index in [9.17, 15) is 4.79 Å². The van der Waals surface area contributed by atoms with Gasteiger partial charge in [-0.3, -0.25) is 4.79 Å². The van der Waals surface area contributed by atoms with Crippen LogP contribution in [-0.2, 0) is 4.79 Å². The van der Waals surface area contributed by atoms with Gasteiger partial charge in [0.05, 0.1) is 22.8 Å². The summed E-state index contributed by atoms with van der Waals surface area (Å²) < 4.78 is 0. The number of para-hydroxylation sites is 1. The van der Waals surface area contributed by atoms with Gasteiger partial charge in [-0.15, -0.1) is 11.8 Å². The van der Waals surface area contributed by atoms with Crippen molar-refractivity contribution in [2.24, 2.45) is 0 Å². The third-order valence-corrected chi connectivity index (χ3v) is 4.89. The molecule has 3 rings (SSSR count). The normalized spacial score (nSPS) is 13.1. The molecule has 0 aliphatic carbocycles. The number of halogens is 1. The Balaban J connectivity index is 1.69. The Morgan fingerprint density at radius 2 is 2.17 bits per heavy atom. The molecule has 0 unspecified atom stereocenters. The predicted molar refractivity (Wildman–Crippen MR) is 94.2 cm³/mol. The number of rotatable bonds is 3. The summed E-state index contributed by atoms with van der Waals surface area (Å²) >= 11 is 7.79. The number of hydrogen-bond acceptors (Lipinski definition) is 4. The Morgan fingerprint density at radius 3 is 2.96 bits per heavy atom. The first kappa shape index (κ1) is 15.7. The summed E-state index contributed by atoms with van der Waals surface area (Å²) in [5.74, 6) is 0.861. The highest BCUT2D eigenvalue weighted by molar-refractivity contribution is 7.99. The molecule has 1 amide bonds. The molecule has 2 aromatic rings. The van der Waals surface area contributed by atoms with Crippen LogP contribution >= 0.6 is 23.4 Å². The number of anilines is 2. The van der Waals surface area contributed by atoms with Gasteiger partial charge in [-0.2, -0.15) is 5.26 Å². The highest BCUT2D eigenvalue weighted by Crippen LogP contribution is 2.34. The van der Waals surface area contributed by atoms with E-state index in [1.54, 1.807) is 18.2 Å². The van der Waals surface area contributed by atoms with Crippen LogP contribution in [0.15, 0.2) is 47.4 Å². The largest absolute Gasteiger partial charge is 0.360 e. The molecule has 0 saturated heterocycles. The SMILES string of the molecule is N#Cc1ccc(NC(=O)CN2CCSc3ccccc32)cc1Cl. The van der Waals surface area contributed by atoms with E-state index >= 15 is 0 Å². The van der Waals surface area contributed by atoms with Gasteiger partial charge in [0.1, 0.15) is 6.07 Å². The molecule has 23 heavy (non-hydrogen) atoms. The molecule has 0 bridgehead atoms. The van der Waals surface area contributed by atoms with E-state index in [0.717, 1.165) is 18.0 Å². The summed E-state index contributed by atoms with van der Waals surface area (Å²) in [6.45, 7) is 1.12. The minimum absolute atomic E-state index is 0.104. The average Bonchev–Trinajstić information content (AvgIpc) is 2.55. The zero-order valence-corrected chi connectivity index (χ0v) is 13.8. The van der Waals surface area contributed by atoms with Crippen molar-refractivity contribution in [1.29, 1.82) is 5.26 Å². The van der Waals surface area contributed by atoms with Crippen molar-refractivity contribution >= 4 is 40.6 Å². The molecule has 1 aliphatic rings. The Bertz CT molecular complexity index is 788. The molecule has 4 nitrogen and oxygen atoms in total. The molecule has 2 aromatic carbocycles. The first-order valence-corrected chi connectivity index (χ1v) is 8.50. The average molecular weight is 344 g/mol. The van der Waals surface area contributed by atoms with Gasteiger partial charge in [0.2, 0.25) is 5.91 Å². The second-order valence-corrected chi connectivity index (χ2v) is 6.64. The Hall–Kier alpha value is -2.16. The molecular weight excluding hydrogens is 330 g/mol. The fourth-order valence-corrected chi connectivity index (χ4v) is 3.72. The number of hydrogen-bond donors (Lipinski definition) is 1. The lowest BCUT2D eigenvalue weighted by Gasteiger charge is -2.30. The number of carbonyl (C=O) groups is 1. The number of nitrogens with zero attached hydrogens (tertiary/aromatic N) is 2. The molecule has 1 heterocycles. The van der Waals surface area contributed by atoms with Crippen molar-refractivity contribution in [2.75, 3.05) is 29.1 Å². The second-order valence-electron chi connectivity index (χ2n) is 5.09. The maximum absolute atomic E-state index is 12.3. The van der Waals surface area contributed by atoms with Gasteiger partial charge >= 0.3 is 0 Å². The lowest BCUT2D eigenvalue weighted by molar-refractivity contribution is -0.115. The van der Waals surface area contributed by atoms with E-state index in [2.05, 4.69) is 16.3 Å².